The van der Waals surface area contributed by atoms with E-state index in [9.17, 15) is 9.59 Å². The van der Waals surface area contributed by atoms with Gasteiger partial charge in [-0.3, -0.25) is 9.59 Å². The van der Waals surface area contributed by atoms with Crippen molar-refractivity contribution in [2.75, 3.05) is 7.05 Å². The molecule has 0 saturated heterocycles. The Kier molecular flexibility index (Phi) is 3.57. The molecule has 0 atom stereocenters. The first-order valence-electron chi connectivity index (χ1n) is 5.63. The highest BCUT2D eigenvalue weighted by Crippen LogP contribution is 2.08. The van der Waals surface area contributed by atoms with E-state index in [-0.39, 0.29) is 5.91 Å². The summed E-state index contributed by atoms with van der Waals surface area (Å²) in [5, 5.41) is 0. The topological polar surface area (TPSA) is 53.2 Å². The monoisotopic (exact) mass is 242 g/mol. The average molecular weight is 242 g/mol. The molecule has 4 nitrogen and oxygen atoms in total. The number of H-pyrrole nitrogens is 1. The Balaban J connectivity index is 2.07. The first kappa shape index (κ1) is 12.1. The Morgan fingerprint density at radius 1 is 1.33 bits per heavy atom. The lowest BCUT2D eigenvalue weighted by Crippen LogP contribution is -2.26. The lowest BCUT2D eigenvalue weighted by atomic mass is 10.2. The molecule has 0 saturated carbocycles. The van der Waals surface area contributed by atoms with Crippen LogP contribution >= 0.6 is 0 Å². The molecule has 0 radical (unpaired) electrons. The second-order valence-electron chi connectivity index (χ2n) is 4.11. The van der Waals surface area contributed by atoms with E-state index in [0.717, 1.165) is 5.56 Å². The molecule has 0 unspecified atom stereocenters. The molecule has 1 N–H and O–H groups in total. The molecule has 4 heteroatoms. The van der Waals surface area contributed by atoms with Crippen LogP contribution in [0.25, 0.3) is 0 Å². The minimum Gasteiger partial charge on any atom is -0.356 e. The molecule has 0 bridgehead atoms. The first-order chi connectivity index (χ1) is 8.70. The fraction of sp³-hybridized carbons (Fsp3) is 0.143. The Morgan fingerprint density at radius 3 is 2.67 bits per heavy atom. The minimum absolute atomic E-state index is 0.132. The molecule has 0 spiro atoms. The SMILES string of the molecule is CN(Cc1ccccc1)C(=O)c1cc(C=O)c[nH]1. The summed E-state index contributed by atoms with van der Waals surface area (Å²) < 4.78 is 0. The van der Waals surface area contributed by atoms with E-state index in [2.05, 4.69) is 4.98 Å². The third-order valence-electron chi connectivity index (χ3n) is 2.68. The summed E-state index contributed by atoms with van der Waals surface area (Å²) in [7, 11) is 1.73. The van der Waals surface area contributed by atoms with Gasteiger partial charge in [0, 0.05) is 25.4 Å². The van der Waals surface area contributed by atoms with Gasteiger partial charge in [0.1, 0.15) is 5.69 Å². The smallest absolute Gasteiger partial charge is 0.270 e. The number of hydrogen-bond donors (Lipinski definition) is 1. The van der Waals surface area contributed by atoms with Crippen LogP contribution < -0.4 is 0 Å². The number of aromatic nitrogens is 1. The van der Waals surface area contributed by atoms with E-state index in [0.29, 0.717) is 24.1 Å². The van der Waals surface area contributed by atoms with Crippen LogP contribution in [0.4, 0.5) is 0 Å². The lowest BCUT2D eigenvalue weighted by molar-refractivity contribution is 0.0780. The van der Waals surface area contributed by atoms with Gasteiger partial charge in [-0.05, 0) is 11.6 Å². The number of hydrogen-bond acceptors (Lipinski definition) is 2. The van der Waals surface area contributed by atoms with Crippen molar-refractivity contribution in [1.29, 1.82) is 0 Å². The molecule has 0 fully saturated rings. The summed E-state index contributed by atoms with van der Waals surface area (Å²) in [6.07, 6.45) is 2.24. The molecule has 1 aromatic heterocycles. The zero-order valence-electron chi connectivity index (χ0n) is 10.1. The van der Waals surface area contributed by atoms with E-state index < -0.39 is 0 Å². The molecule has 2 aromatic rings. The van der Waals surface area contributed by atoms with E-state index in [1.54, 1.807) is 18.0 Å². The van der Waals surface area contributed by atoms with Gasteiger partial charge in [-0.1, -0.05) is 30.3 Å². The van der Waals surface area contributed by atoms with E-state index in [4.69, 9.17) is 0 Å². The zero-order valence-corrected chi connectivity index (χ0v) is 10.1. The maximum atomic E-state index is 12.1. The number of carbonyl (C=O) groups is 2. The van der Waals surface area contributed by atoms with Gasteiger partial charge < -0.3 is 9.88 Å². The number of rotatable bonds is 4. The molecule has 0 aliphatic heterocycles. The molecule has 92 valence electrons. The molecule has 0 aliphatic rings. The lowest BCUT2D eigenvalue weighted by Gasteiger charge is -2.16. The van der Waals surface area contributed by atoms with Crippen molar-refractivity contribution in [2.24, 2.45) is 0 Å². The summed E-state index contributed by atoms with van der Waals surface area (Å²) >= 11 is 0. The quantitative estimate of drug-likeness (QED) is 0.835. The van der Waals surface area contributed by atoms with Crippen molar-refractivity contribution < 1.29 is 9.59 Å². The van der Waals surface area contributed by atoms with Crippen LogP contribution in [0.1, 0.15) is 26.4 Å². The van der Waals surface area contributed by atoms with Gasteiger partial charge in [-0.25, -0.2) is 0 Å². The fourth-order valence-corrected chi connectivity index (χ4v) is 1.74. The van der Waals surface area contributed by atoms with Crippen molar-refractivity contribution in [3.63, 3.8) is 0 Å². The Bertz CT molecular complexity index is 546. The van der Waals surface area contributed by atoms with Crippen LogP contribution in [0.3, 0.4) is 0 Å². The Hall–Kier alpha value is -2.36. The van der Waals surface area contributed by atoms with E-state index in [1.807, 2.05) is 30.3 Å². The van der Waals surface area contributed by atoms with Crippen molar-refractivity contribution in [3.8, 4) is 0 Å². The van der Waals surface area contributed by atoms with Gasteiger partial charge >= 0.3 is 0 Å². The van der Waals surface area contributed by atoms with Gasteiger partial charge in [0.25, 0.3) is 5.91 Å². The van der Waals surface area contributed by atoms with Crippen molar-refractivity contribution in [3.05, 3.63) is 59.4 Å². The maximum Gasteiger partial charge on any atom is 0.270 e. The van der Waals surface area contributed by atoms with Crippen LogP contribution in [0.5, 0.6) is 0 Å². The van der Waals surface area contributed by atoms with Crippen LogP contribution in [0.15, 0.2) is 42.6 Å². The molecule has 1 amide bonds. The molecular weight excluding hydrogens is 228 g/mol. The fourth-order valence-electron chi connectivity index (χ4n) is 1.74. The van der Waals surface area contributed by atoms with Crippen LogP contribution in [0.2, 0.25) is 0 Å². The number of benzene rings is 1. The Morgan fingerprint density at radius 2 is 2.06 bits per heavy atom. The van der Waals surface area contributed by atoms with Crippen molar-refractivity contribution in [2.45, 2.75) is 6.54 Å². The third kappa shape index (κ3) is 2.66. The number of amides is 1. The molecule has 1 heterocycles. The number of aromatic amines is 1. The second kappa shape index (κ2) is 5.31. The molecular formula is C14H14N2O2. The summed E-state index contributed by atoms with van der Waals surface area (Å²) in [6, 6.07) is 11.3. The zero-order chi connectivity index (χ0) is 13.0. The molecule has 18 heavy (non-hydrogen) atoms. The van der Waals surface area contributed by atoms with Crippen LogP contribution in [-0.4, -0.2) is 29.1 Å². The molecule has 2 rings (SSSR count). The standard InChI is InChI=1S/C14H14N2O2/c1-16(9-11-5-3-2-4-6-11)14(18)13-7-12(10-17)8-15-13/h2-8,10,15H,9H2,1H3. The normalized spacial score (nSPS) is 10.1. The van der Waals surface area contributed by atoms with E-state index in [1.165, 1.54) is 6.20 Å². The van der Waals surface area contributed by atoms with Gasteiger partial charge in [0.05, 0.1) is 0 Å². The van der Waals surface area contributed by atoms with Crippen molar-refractivity contribution in [1.82, 2.24) is 9.88 Å². The number of aldehydes is 1. The predicted octanol–water partition coefficient (Wildman–Crippen LogP) is 2.10. The molecule has 1 aromatic carbocycles. The van der Waals surface area contributed by atoms with Gasteiger partial charge in [-0.2, -0.15) is 0 Å². The summed E-state index contributed by atoms with van der Waals surface area (Å²) in [5.74, 6) is -0.132. The first-order valence-corrected chi connectivity index (χ1v) is 5.63. The largest absolute Gasteiger partial charge is 0.356 e. The highest BCUT2D eigenvalue weighted by atomic mass is 16.2. The highest BCUT2D eigenvalue weighted by molar-refractivity contribution is 5.94. The molecule has 0 aliphatic carbocycles. The predicted molar refractivity (Wildman–Crippen MR) is 68.4 cm³/mol. The average Bonchev–Trinajstić information content (AvgIpc) is 2.87. The van der Waals surface area contributed by atoms with Gasteiger partial charge in [0.15, 0.2) is 6.29 Å². The second-order valence-corrected chi connectivity index (χ2v) is 4.11. The summed E-state index contributed by atoms with van der Waals surface area (Å²) in [5.41, 5.74) is 1.97. The maximum absolute atomic E-state index is 12.1. The van der Waals surface area contributed by atoms with Crippen LogP contribution in [0, 0.1) is 0 Å². The van der Waals surface area contributed by atoms with Crippen LogP contribution in [-0.2, 0) is 6.54 Å². The minimum atomic E-state index is -0.132. The Labute approximate surface area is 105 Å². The summed E-state index contributed by atoms with van der Waals surface area (Å²) in [6.45, 7) is 0.537. The van der Waals surface area contributed by atoms with Gasteiger partial charge in [0.2, 0.25) is 0 Å². The number of nitrogens with zero attached hydrogens (tertiary/aromatic N) is 1. The van der Waals surface area contributed by atoms with Gasteiger partial charge in [-0.15, -0.1) is 0 Å². The third-order valence-corrected chi connectivity index (χ3v) is 2.68. The highest BCUT2D eigenvalue weighted by Gasteiger charge is 2.13. The van der Waals surface area contributed by atoms with E-state index >= 15 is 0 Å². The number of nitrogens with one attached hydrogen (secondary N) is 1. The number of carbonyl (C=O) groups excluding carboxylic acids is 2. The van der Waals surface area contributed by atoms with Crippen molar-refractivity contribution >= 4 is 12.2 Å². The summed E-state index contributed by atoms with van der Waals surface area (Å²) in [4.78, 5) is 27.0.